The summed E-state index contributed by atoms with van der Waals surface area (Å²) in [5.74, 6) is 0.201. The number of benzene rings is 1. The van der Waals surface area contributed by atoms with Crippen LogP contribution in [0, 0.1) is 5.92 Å². The van der Waals surface area contributed by atoms with Crippen molar-refractivity contribution in [3.05, 3.63) is 28.2 Å². The number of hydrogen-bond donors (Lipinski definition) is 0. The normalized spacial score (nSPS) is 19.1. The van der Waals surface area contributed by atoms with E-state index in [1.54, 1.807) is 12.0 Å². The maximum absolute atomic E-state index is 12.0. The van der Waals surface area contributed by atoms with Gasteiger partial charge in [0.25, 0.3) is 0 Å². The van der Waals surface area contributed by atoms with Gasteiger partial charge in [0.15, 0.2) is 0 Å². The molecule has 0 radical (unpaired) electrons. The molecule has 8 heteroatoms. The molecule has 1 saturated heterocycles. The average Bonchev–Trinajstić information content (AvgIpc) is 2.67. The van der Waals surface area contributed by atoms with Gasteiger partial charge in [-0.3, -0.25) is 4.79 Å². The molecule has 0 N–H and O–H groups in total. The van der Waals surface area contributed by atoms with Gasteiger partial charge in [-0.15, -0.1) is 0 Å². The Labute approximate surface area is 136 Å². The van der Waals surface area contributed by atoms with E-state index < -0.39 is 9.05 Å². The zero-order valence-corrected chi connectivity index (χ0v) is 14.5. The standard InChI is InChI=1S/C13H15BrClNO4S/c1-20-12-3-2-11(14)5-10(12)7-16-6-9(4-13(16)17)8-21(15,18)19/h2-3,5,9H,4,6-8H2,1H3. The van der Waals surface area contributed by atoms with Gasteiger partial charge in [0.2, 0.25) is 15.0 Å². The summed E-state index contributed by atoms with van der Waals surface area (Å²) in [7, 11) is 3.24. The Balaban J connectivity index is 2.10. The summed E-state index contributed by atoms with van der Waals surface area (Å²) in [4.78, 5) is 13.6. The third kappa shape index (κ3) is 4.59. The lowest BCUT2D eigenvalue weighted by atomic mass is 10.1. The second kappa shape index (κ2) is 6.54. The third-order valence-corrected chi connectivity index (χ3v) is 5.07. The van der Waals surface area contributed by atoms with Gasteiger partial charge in [0, 0.05) is 46.1 Å². The zero-order chi connectivity index (χ0) is 15.6. The Morgan fingerprint density at radius 3 is 2.81 bits per heavy atom. The zero-order valence-electron chi connectivity index (χ0n) is 11.4. The van der Waals surface area contributed by atoms with E-state index in [1.165, 1.54) is 0 Å². The second-order valence-corrected chi connectivity index (χ2v) is 8.74. The van der Waals surface area contributed by atoms with Crippen molar-refractivity contribution in [3.63, 3.8) is 0 Å². The van der Waals surface area contributed by atoms with E-state index >= 15 is 0 Å². The van der Waals surface area contributed by atoms with Crippen LogP contribution < -0.4 is 4.74 Å². The highest BCUT2D eigenvalue weighted by atomic mass is 79.9. The number of rotatable bonds is 5. The maximum atomic E-state index is 12.0. The molecule has 1 aromatic rings. The fourth-order valence-corrected chi connectivity index (χ4v) is 4.21. The minimum Gasteiger partial charge on any atom is -0.496 e. The van der Waals surface area contributed by atoms with Gasteiger partial charge >= 0.3 is 0 Å². The van der Waals surface area contributed by atoms with Crippen LogP contribution in [0.25, 0.3) is 0 Å². The molecule has 1 fully saturated rings. The summed E-state index contributed by atoms with van der Waals surface area (Å²) in [6, 6.07) is 5.56. The van der Waals surface area contributed by atoms with Crippen LogP contribution >= 0.6 is 26.6 Å². The van der Waals surface area contributed by atoms with Crippen LogP contribution in [0.1, 0.15) is 12.0 Å². The molecule has 0 aliphatic carbocycles. The quantitative estimate of drug-likeness (QED) is 0.717. The van der Waals surface area contributed by atoms with Gasteiger partial charge in [0.05, 0.1) is 12.9 Å². The van der Waals surface area contributed by atoms with Crippen molar-refractivity contribution in [1.82, 2.24) is 4.90 Å². The first-order chi connectivity index (χ1) is 9.78. The molecule has 1 heterocycles. The van der Waals surface area contributed by atoms with Crippen LogP contribution in [0.2, 0.25) is 0 Å². The summed E-state index contributed by atoms with van der Waals surface area (Å²) in [5, 5.41) is 0. The number of carbonyl (C=O) groups excluding carboxylic acids is 1. The smallest absolute Gasteiger partial charge is 0.232 e. The Morgan fingerprint density at radius 2 is 2.19 bits per heavy atom. The largest absolute Gasteiger partial charge is 0.496 e. The van der Waals surface area contributed by atoms with Gasteiger partial charge in [-0.1, -0.05) is 15.9 Å². The van der Waals surface area contributed by atoms with Crippen molar-refractivity contribution in [3.8, 4) is 5.75 Å². The SMILES string of the molecule is COc1ccc(Br)cc1CN1CC(CS(=O)(=O)Cl)CC1=O. The van der Waals surface area contributed by atoms with Crippen molar-refractivity contribution < 1.29 is 17.9 Å². The predicted molar refractivity (Wildman–Crippen MR) is 83.9 cm³/mol. The molecule has 0 saturated carbocycles. The van der Waals surface area contributed by atoms with Crippen LogP contribution in [0.5, 0.6) is 5.75 Å². The van der Waals surface area contributed by atoms with Crippen molar-refractivity contribution in [2.24, 2.45) is 5.92 Å². The lowest BCUT2D eigenvalue weighted by Crippen LogP contribution is -2.25. The first kappa shape index (κ1) is 16.6. The first-order valence-electron chi connectivity index (χ1n) is 6.31. The number of methoxy groups -OCH3 is 1. The van der Waals surface area contributed by atoms with E-state index in [-0.39, 0.29) is 24.0 Å². The van der Waals surface area contributed by atoms with Crippen LogP contribution in [0.15, 0.2) is 22.7 Å². The maximum Gasteiger partial charge on any atom is 0.232 e. The highest BCUT2D eigenvalue weighted by Crippen LogP contribution is 2.28. The average molecular weight is 397 g/mol. The molecule has 116 valence electrons. The molecular weight excluding hydrogens is 382 g/mol. The number of hydrogen-bond acceptors (Lipinski definition) is 4. The van der Waals surface area contributed by atoms with E-state index in [0.29, 0.717) is 18.8 Å². The monoisotopic (exact) mass is 395 g/mol. The fraction of sp³-hybridized carbons (Fsp3) is 0.462. The number of amides is 1. The lowest BCUT2D eigenvalue weighted by Gasteiger charge is -2.18. The number of halogens is 2. The van der Waals surface area contributed by atoms with Crippen molar-refractivity contribution in [1.29, 1.82) is 0 Å². The fourth-order valence-electron chi connectivity index (χ4n) is 2.48. The Kier molecular flexibility index (Phi) is 5.16. The molecule has 1 atom stereocenters. The molecule has 0 spiro atoms. The molecular formula is C13H15BrClNO4S. The van der Waals surface area contributed by atoms with E-state index in [2.05, 4.69) is 15.9 Å². The third-order valence-electron chi connectivity index (χ3n) is 3.33. The molecule has 1 amide bonds. The summed E-state index contributed by atoms with van der Waals surface area (Å²) in [6.07, 6.45) is 0.211. The summed E-state index contributed by atoms with van der Waals surface area (Å²) < 4.78 is 28.4. The van der Waals surface area contributed by atoms with Gasteiger partial charge in [0.1, 0.15) is 5.75 Å². The van der Waals surface area contributed by atoms with E-state index in [4.69, 9.17) is 15.4 Å². The minimum absolute atomic E-state index is 0.0673. The van der Waals surface area contributed by atoms with E-state index in [9.17, 15) is 13.2 Å². The van der Waals surface area contributed by atoms with Gasteiger partial charge < -0.3 is 9.64 Å². The van der Waals surface area contributed by atoms with E-state index in [0.717, 1.165) is 10.0 Å². The summed E-state index contributed by atoms with van der Waals surface area (Å²) in [6.45, 7) is 0.779. The second-order valence-electron chi connectivity index (χ2n) is 5.01. The predicted octanol–water partition coefficient (Wildman–Crippen LogP) is 2.37. The molecule has 1 aromatic carbocycles. The molecule has 0 aromatic heterocycles. The Morgan fingerprint density at radius 1 is 1.48 bits per heavy atom. The van der Waals surface area contributed by atoms with E-state index in [1.807, 2.05) is 18.2 Å². The van der Waals surface area contributed by atoms with Crippen LogP contribution in [-0.2, 0) is 20.4 Å². The van der Waals surface area contributed by atoms with Gasteiger partial charge in [-0.05, 0) is 18.2 Å². The van der Waals surface area contributed by atoms with Crippen LogP contribution in [0.4, 0.5) is 0 Å². The van der Waals surface area contributed by atoms with Gasteiger partial charge in [-0.2, -0.15) is 0 Å². The van der Waals surface area contributed by atoms with Crippen molar-refractivity contribution in [2.45, 2.75) is 13.0 Å². The molecule has 1 unspecified atom stereocenters. The molecule has 21 heavy (non-hydrogen) atoms. The highest BCUT2D eigenvalue weighted by Gasteiger charge is 2.32. The lowest BCUT2D eigenvalue weighted by molar-refractivity contribution is -0.128. The molecule has 1 aliphatic rings. The van der Waals surface area contributed by atoms with Gasteiger partial charge in [-0.25, -0.2) is 8.42 Å². The number of nitrogens with zero attached hydrogens (tertiary/aromatic N) is 1. The number of likely N-dealkylation sites (tertiary alicyclic amines) is 1. The Hall–Kier alpha value is -0.790. The first-order valence-corrected chi connectivity index (χ1v) is 9.58. The van der Waals surface area contributed by atoms with Crippen LogP contribution in [0.3, 0.4) is 0 Å². The molecule has 0 bridgehead atoms. The number of ether oxygens (including phenoxy) is 1. The van der Waals surface area contributed by atoms with Crippen molar-refractivity contribution in [2.75, 3.05) is 19.4 Å². The summed E-state index contributed by atoms with van der Waals surface area (Å²) >= 11 is 3.39. The minimum atomic E-state index is -3.59. The topological polar surface area (TPSA) is 63.7 Å². The number of carbonyl (C=O) groups is 1. The molecule has 1 aliphatic heterocycles. The molecule has 5 nitrogen and oxygen atoms in total. The highest BCUT2D eigenvalue weighted by molar-refractivity contribution is 9.10. The van der Waals surface area contributed by atoms with Crippen LogP contribution in [-0.4, -0.2) is 38.6 Å². The van der Waals surface area contributed by atoms with Crippen molar-refractivity contribution >= 4 is 41.6 Å². The Bertz CT molecular complexity index is 650. The summed E-state index contributed by atoms with van der Waals surface area (Å²) in [5.41, 5.74) is 0.870. The molecule has 2 rings (SSSR count).